The number of carbonyl (C=O) groups excluding carboxylic acids is 2. The summed E-state index contributed by atoms with van der Waals surface area (Å²) in [5, 5.41) is 2.76. The van der Waals surface area contributed by atoms with E-state index in [2.05, 4.69) is 23.9 Å². The number of thioether (sulfide) groups is 1. The molecular weight excluding hydrogens is 329 g/mol. The first kappa shape index (κ1) is 18.5. The van der Waals surface area contributed by atoms with Crippen molar-refractivity contribution >= 4 is 34.4 Å². The van der Waals surface area contributed by atoms with Crippen LogP contribution in [0.15, 0.2) is 22.1 Å². The summed E-state index contributed by atoms with van der Waals surface area (Å²) in [6, 6.07) is 2.07. The van der Waals surface area contributed by atoms with Crippen molar-refractivity contribution in [2.45, 2.75) is 38.0 Å². The molecule has 1 amide bonds. The summed E-state index contributed by atoms with van der Waals surface area (Å²) in [4.78, 5) is 25.9. The van der Waals surface area contributed by atoms with Gasteiger partial charge in [0.2, 0.25) is 0 Å². The molecule has 1 rings (SSSR count). The molecule has 1 aromatic rings. The Hall–Kier alpha value is -1.56. The minimum atomic E-state index is -1.05. The molecule has 1 aromatic carbocycles. The van der Waals surface area contributed by atoms with Crippen molar-refractivity contribution in [1.29, 1.82) is 0 Å². The van der Waals surface area contributed by atoms with E-state index in [4.69, 9.17) is 17.1 Å². The van der Waals surface area contributed by atoms with Gasteiger partial charge in [-0.3, -0.25) is 9.59 Å². The van der Waals surface area contributed by atoms with E-state index in [1.54, 1.807) is 0 Å². The van der Waals surface area contributed by atoms with Gasteiger partial charge >= 0.3 is 0 Å². The second-order valence-electron chi connectivity index (χ2n) is 5.02. The van der Waals surface area contributed by atoms with Crippen LogP contribution in [0.3, 0.4) is 0 Å². The van der Waals surface area contributed by atoms with Crippen molar-refractivity contribution in [3.63, 3.8) is 0 Å². The van der Waals surface area contributed by atoms with Crippen LogP contribution in [-0.4, -0.2) is 11.0 Å². The highest BCUT2D eigenvalue weighted by Crippen LogP contribution is 2.31. The van der Waals surface area contributed by atoms with E-state index >= 15 is 0 Å². The minimum Gasteiger partial charge on any atom is -0.287 e. The molecule has 0 atom stereocenters. The van der Waals surface area contributed by atoms with Crippen LogP contribution in [0.4, 0.5) is 4.39 Å². The highest BCUT2D eigenvalue weighted by molar-refractivity contribution is 8.13. The van der Waals surface area contributed by atoms with Crippen molar-refractivity contribution in [2.24, 2.45) is 11.0 Å². The maximum absolute atomic E-state index is 13.7. The highest BCUT2D eigenvalue weighted by atomic mass is 35.5. The Morgan fingerprint density at radius 3 is 2.73 bits per heavy atom. The Morgan fingerprint density at radius 1 is 1.45 bits per heavy atom. The van der Waals surface area contributed by atoms with Crippen LogP contribution in [-0.2, 0) is 4.79 Å². The second kappa shape index (κ2) is 8.78. The number of hydrogen-bond donors (Lipinski definition) is 0. The Labute approximate surface area is 136 Å². The molecule has 0 bridgehead atoms. The van der Waals surface area contributed by atoms with Crippen LogP contribution in [0.1, 0.15) is 43.5 Å². The lowest BCUT2D eigenvalue weighted by atomic mass is 10.1. The number of amides is 1. The first-order valence-corrected chi connectivity index (χ1v) is 7.83. The third-order valence-electron chi connectivity index (χ3n) is 2.77. The van der Waals surface area contributed by atoms with E-state index in [1.165, 1.54) is 0 Å². The smallest absolute Gasteiger partial charge is 0.252 e. The zero-order valence-corrected chi connectivity index (χ0v) is 13.7. The molecule has 0 aliphatic rings. The standard InChI is InChI=1S/C14H15ClFN3O2S/c1-8(2)4-3-5-13(20)22-12-6-9(14(21)18-19-17)11(16)7-10(12)15/h6-8H,3-5H2,1-2H3. The zero-order chi connectivity index (χ0) is 16.7. The summed E-state index contributed by atoms with van der Waals surface area (Å²) >= 11 is 6.74. The van der Waals surface area contributed by atoms with Crippen molar-refractivity contribution in [2.75, 3.05) is 0 Å². The number of halogens is 2. The Balaban J connectivity index is 2.86. The average molecular weight is 344 g/mol. The zero-order valence-electron chi connectivity index (χ0n) is 12.2. The predicted molar refractivity (Wildman–Crippen MR) is 84.4 cm³/mol. The van der Waals surface area contributed by atoms with E-state index in [0.717, 1.165) is 36.7 Å². The van der Waals surface area contributed by atoms with E-state index in [1.807, 2.05) is 0 Å². The third-order valence-corrected chi connectivity index (χ3v) is 4.19. The number of benzene rings is 1. The lowest BCUT2D eigenvalue weighted by molar-refractivity contribution is -0.111. The highest BCUT2D eigenvalue weighted by Gasteiger charge is 2.16. The lowest BCUT2D eigenvalue weighted by Crippen LogP contribution is -2.00. The van der Waals surface area contributed by atoms with Gasteiger partial charge in [-0.15, -0.1) is 0 Å². The van der Waals surface area contributed by atoms with E-state index in [9.17, 15) is 14.0 Å². The van der Waals surface area contributed by atoms with E-state index < -0.39 is 17.3 Å². The van der Waals surface area contributed by atoms with Crippen LogP contribution in [0.5, 0.6) is 0 Å². The quantitative estimate of drug-likeness (QED) is 0.301. The number of carbonyl (C=O) groups is 2. The Bertz CT molecular complexity index is 631. The monoisotopic (exact) mass is 343 g/mol. The second-order valence-corrected chi connectivity index (χ2v) is 6.52. The van der Waals surface area contributed by atoms with Crippen molar-refractivity contribution < 1.29 is 14.0 Å². The fourth-order valence-corrected chi connectivity index (χ4v) is 2.78. The molecule has 0 saturated carbocycles. The molecule has 0 saturated heterocycles. The largest absolute Gasteiger partial charge is 0.287 e. The fraction of sp³-hybridized carbons (Fsp3) is 0.429. The van der Waals surface area contributed by atoms with Crippen LogP contribution >= 0.6 is 23.4 Å². The maximum Gasteiger partial charge on any atom is 0.252 e. The van der Waals surface area contributed by atoms with Crippen molar-refractivity contribution in [3.8, 4) is 0 Å². The average Bonchev–Trinajstić information content (AvgIpc) is 2.41. The van der Waals surface area contributed by atoms with Gasteiger partial charge in [0.05, 0.1) is 10.6 Å². The normalized spacial score (nSPS) is 10.4. The fourth-order valence-electron chi connectivity index (χ4n) is 1.69. The maximum atomic E-state index is 13.7. The summed E-state index contributed by atoms with van der Waals surface area (Å²) < 4.78 is 13.7. The molecule has 5 nitrogen and oxygen atoms in total. The summed E-state index contributed by atoms with van der Waals surface area (Å²) in [6.45, 7) is 4.14. The van der Waals surface area contributed by atoms with Gasteiger partial charge in [-0.25, -0.2) is 4.39 Å². The molecule has 118 valence electrons. The van der Waals surface area contributed by atoms with Gasteiger partial charge in [-0.1, -0.05) is 43.6 Å². The molecule has 0 aromatic heterocycles. The minimum absolute atomic E-state index is 0.0391. The predicted octanol–water partition coefficient (Wildman–Crippen LogP) is 5.37. The number of hydrogen-bond acceptors (Lipinski definition) is 3. The molecule has 0 spiro atoms. The van der Waals surface area contributed by atoms with E-state index in [0.29, 0.717) is 12.3 Å². The molecule has 22 heavy (non-hydrogen) atoms. The van der Waals surface area contributed by atoms with Gasteiger partial charge in [0.25, 0.3) is 5.91 Å². The topological polar surface area (TPSA) is 82.9 Å². The molecule has 0 unspecified atom stereocenters. The molecular formula is C14H15ClFN3O2S. The SMILES string of the molecule is CC(C)CCCC(=O)Sc1cc(C(=O)N=[N+]=[N-])c(F)cc1Cl. The summed E-state index contributed by atoms with van der Waals surface area (Å²) in [5.41, 5.74) is 7.83. The first-order chi connectivity index (χ1) is 10.3. The Kier molecular flexibility index (Phi) is 7.38. The number of rotatable bonds is 6. The van der Waals surface area contributed by atoms with Crippen LogP contribution in [0, 0.1) is 11.7 Å². The Morgan fingerprint density at radius 2 is 2.14 bits per heavy atom. The van der Waals surface area contributed by atoms with Gasteiger partial charge in [0, 0.05) is 16.2 Å². The molecule has 8 heteroatoms. The molecule has 0 heterocycles. The van der Waals surface area contributed by atoms with Crippen LogP contribution in [0.2, 0.25) is 5.02 Å². The number of nitrogens with zero attached hydrogens (tertiary/aromatic N) is 3. The molecule has 0 fully saturated rings. The summed E-state index contributed by atoms with van der Waals surface area (Å²) in [6.07, 6.45) is 2.06. The van der Waals surface area contributed by atoms with Gasteiger partial charge < -0.3 is 0 Å². The molecule has 0 N–H and O–H groups in total. The van der Waals surface area contributed by atoms with Crippen molar-refractivity contribution in [3.05, 3.63) is 39.0 Å². The first-order valence-electron chi connectivity index (χ1n) is 6.64. The van der Waals surface area contributed by atoms with E-state index in [-0.39, 0.29) is 15.0 Å². The summed E-state index contributed by atoms with van der Waals surface area (Å²) in [5.74, 6) is -1.43. The summed E-state index contributed by atoms with van der Waals surface area (Å²) in [7, 11) is 0. The van der Waals surface area contributed by atoms with Gasteiger partial charge in [-0.2, -0.15) is 0 Å². The van der Waals surface area contributed by atoms with Crippen LogP contribution < -0.4 is 0 Å². The van der Waals surface area contributed by atoms with Gasteiger partial charge in [0.1, 0.15) is 5.82 Å². The lowest BCUT2D eigenvalue weighted by Gasteiger charge is -2.07. The van der Waals surface area contributed by atoms with Crippen LogP contribution in [0.25, 0.3) is 10.4 Å². The molecule has 0 aliphatic heterocycles. The van der Waals surface area contributed by atoms with Gasteiger partial charge in [-0.05, 0) is 35.1 Å². The van der Waals surface area contributed by atoms with Crippen molar-refractivity contribution in [1.82, 2.24) is 0 Å². The number of azide groups is 1. The van der Waals surface area contributed by atoms with Gasteiger partial charge in [0.15, 0.2) is 5.12 Å². The molecule has 0 radical (unpaired) electrons. The molecule has 0 aliphatic carbocycles. The third kappa shape index (κ3) is 5.67.